The van der Waals surface area contributed by atoms with Crippen LogP contribution in [0.5, 0.6) is 0 Å². The molecular formula is C3H3F2N2-. The van der Waals surface area contributed by atoms with Gasteiger partial charge in [-0.25, -0.2) is 8.78 Å². The Morgan fingerprint density at radius 1 is 1.57 bits per heavy atom. The second-order valence-electron chi connectivity index (χ2n) is 1.16. The zero-order valence-electron chi connectivity index (χ0n) is 3.38. The van der Waals surface area contributed by atoms with Crippen molar-refractivity contribution in [3.05, 3.63) is 5.32 Å². The number of aliphatic imine (C=N–C) groups is 1. The normalized spacial score (nSPS) is 38.6. The van der Waals surface area contributed by atoms with Crippen LogP contribution in [0.2, 0.25) is 0 Å². The van der Waals surface area contributed by atoms with Crippen LogP contribution in [0, 0.1) is 0 Å². The maximum Gasteiger partial charge on any atom is 0.139 e. The molecule has 4 heteroatoms. The predicted octanol–water partition coefficient (Wildman–Crippen LogP) is 0.993. The second-order valence-corrected chi connectivity index (χ2v) is 1.16. The Bertz CT molecular complexity index is 92.9. The summed E-state index contributed by atoms with van der Waals surface area (Å²) in [5, 5.41) is 2.98. The largest absolute Gasteiger partial charge is 0.439 e. The van der Waals surface area contributed by atoms with E-state index in [4.69, 9.17) is 0 Å². The number of rotatable bonds is 0. The van der Waals surface area contributed by atoms with Gasteiger partial charge in [0, 0.05) is 0 Å². The first-order valence-electron chi connectivity index (χ1n) is 1.80. The van der Waals surface area contributed by atoms with Crippen molar-refractivity contribution < 1.29 is 8.78 Å². The Kier molecular flexibility index (Phi) is 0.923. The molecule has 1 heterocycles. The minimum absolute atomic E-state index is 0.898. The SMILES string of the molecule is FC1N=C[N-]C1F. The molecule has 0 spiro atoms. The van der Waals surface area contributed by atoms with Crippen molar-refractivity contribution in [1.29, 1.82) is 0 Å². The molecule has 0 aliphatic carbocycles. The van der Waals surface area contributed by atoms with Crippen molar-refractivity contribution in [3.63, 3.8) is 0 Å². The van der Waals surface area contributed by atoms with Gasteiger partial charge in [-0.1, -0.05) is 6.34 Å². The molecular weight excluding hydrogens is 102 g/mol. The molecule has 0 saturated heterocycles. The van der Waals surface area contributed by atoms with Crippen molar-refractivity contribution in [2.45, 2.75) is 12.6 Å². The van der Waals surface area contributed by atoms with E-state index in [9.17, 15) is 8.78 Å². The van der Waals surface area contributed by atoms with E-state index in [0.717, 1.165) is 6.34 Å². The molecule has 0 aromatic carbocycles. The van der Waals surface area contributed by atoms with Crippen LogP contribution < -0.4 is 0 Å². The Hall–Kier alpha value is -0.670. The molecule has 0 bridgehead atoms. The van der Waals surface area contributed by atoms with E-state index >= 15 is 0 Å². The van der Waals surface area contributed by atoms with Gasteiger partial charge in [0.1, 0.15) is 12.6 Å². The van der Waals surface area contributed by atoms with Crippen LogP contribution in [0.1, 0.15) is 0 Å². The van der Waals surface area contributed by atoms with Gasteiger partial charge in [0.25, 0.3) is 0 Å². The summed E-state index contributed by atoms with van der Waals surface area (Å²) in [5.41, 5.74) is 0. The lowest BCUT2D eigenvalue weighted by atomic mass is 10.6. The van der Waals surface area contributed by atoms with Gasteiger partial charge in [-0.2, -0.15) is 0 Å². The van der Waals surface area contributed by atoms with Gasteiger partial charge in [0.15, 0.2) is 0 Å². The Balaban J connectivity index is 2.45. The molecule has 0 saturated carbocycles. The van der Waals surface area contributed by atoms with Crippen LogP contribution in [-0.2, 0) is 0 Å². The summed E-state index contributed by atoms with van der Waals surface area (Å²) in [6, 6.07) is 0. The molecule has 2 unspecified atom stereocenters. The van der Waals surface area contributed by atoms with E-state index in [1.54, 1.807) is 0 Å². The van der Waals surface area contributed by atoms with E-state index in [0.29, 0.717) is 0 Å². The highest BCUT2D eigenvalue weighted by Crippen LogP contribution is 2.15. The highest BCUT2D eigenvalue weighted by molar-refractivity contribution is 5.73. The van der Waals surface area contributed by atoms with Crippen molar-refractivity contribution in [3.8, 4) is 0 Å². The fourth-order valence-electron chi connectivity index (χ4n) is 0.308. The van der Waals surface area contributed by atoms with Gasteiger partial charge in [-0.05, 0) is 0 Å². The summed E-state index contributed by atoms with van der Waals surface area (Å²) < 4.78 is 23.3. The quantitative estimate of drug-likeness (QED) is 0.411. The summed E-state index contributed by atoms with van der Waals surface area (Å²) in [5.74, 6) is 0. The maximum absolute atomic E-state index is 11.7. The van der Waals surface area contributed by atoms with Gasteiger partial charge in [-0.3, -0.25) is 0 Å². The third kappa shape index (κ3) is 0.679. The van der Waals surface area contributed by atoms with Gasteiger partial charge in [-0.15, -0.1) is 0 Å². The molecule has 7 heavy (non-hydrogen) atoms. The van der Waals surface area contributed by atoms with Crippen LogP contribution in [0.3, 0.4) is 0 Å². The molecule has 0 aromatic heterocycles. The second kappa shape index (κ2) is 1.44. The van der Waals surface area contributed by atoms with Crippen molar-refractivity contribution in [2.24, 2.45) is 4.99 Å². The summed E-state index contributed by atoms with van der Waals surface area (Å²) in [7, 11) is 0. The van der Waals surface area contributed by atoms with E-state index in [-0.39, 0.29) is 0 Å². The highest BCUT2D eigenvalue weighted by atomic mass is 19.2. The fourth-order valence-corrected chi connectivity index (χ4v) is 0.308. The predicted molar refractivity (Wildman–Crippen MR) is 21.6 cm³/mol. The van der Waals surface area contributed by atoms with Crippen molar-refractivity contribution >= 4 is 6.34 Å². The average Bonchev–Trinajstić information content (AvgIpc) is 1.91. The van der Waals surface area contributed by atoms with E-state index in [1.807, 2.05) is 0 Å². The molecule has 2 nitrogen and oxygen atoms in total. The molecule has 0 fully saturated rings. The lowest BCUT2D eigenvalue weighted by Gasteiger charge is -2.05. The fraction of sp³-hybridized carbons (Fsp3) is 0.667. The Labute approximate surface area is 39.2 Å². The van der Waals surface area contributed by atoms with Crippen LogP contribution in [0.4, 0.5) is 8.78 Å². The first-order valence-corrected chi connectivity index (χ1v) is 1.80. The lowest BCUT2D eigenvalue weighted by molar-refractivity contribution is 0.219. The van der Waals surface area contributed by atoms with Crippen LogP contribution in [-0.4, -0.2) is 18.9 Å². The third-order valence-corrected chi connectivity index (χ3v) is 0.645. The van der Waals surface area contributed by atoms with E-state index < -0.39 is 12.6 Å². The molecule has 1 aliphatic heterocycles. The molecule has 2 atom stereocenters. The first-order chi connectivity index (χ1) is 3.30. The first kappa shape index (κ1) is 4.49. The Morgan fingerprint density at radius 2 is 2.29 bits per heavy atom. The van der Waals surface area contributed by atoms with E-state index in [2.05, 4.69) is 10.3 Å². The van der Waals surface area contributed by atoms with Crippen molar-refractivity contribution in [2.75, 3.05) is 0 Å². The highest BCUT2D eigenvalue weighted by Gasteiger charge is 2.10. The molecule has 1 rings (SSSR count). The number of alkyl halides is 2. The minimum atomic E-state index is -1.75. The minimum Gasteiger partial charge on any atom is -0.439 e. The van der Waals surface area contributed by atoms with Gasteiger partial charge in [0.2, 0.25) is 0 Å². The zero-order valence-corrected chi connectivity index (χ0v) is 3.38. The number of hydrogen-bond donors (Lipinski definition) is 0. The number of halogens is 2. The Morgan fingerprint density at radius 3 is 2.43 bits per heavy atom. The molecule has 40 valence electrons. The number of nitrogens with zero attached hydrogens (tertiary/aromatic N) is 2. The maximum atomic E-state index is 11.7. The lowest BCUT2D eigenvalue weighted by Crippen LogP contribution is -2.05. The summed E-state index contributed by atoms with van der Waals surface area (Å²) in [6.07, 6.45) is -2.60. The van der Waals surface area contributed by atoms with E-state index in [1.165, 1.54) is 0 Å². The molecule has 0 aromatic rings. The number of hydrogen-bond acceptors (Lipinski definition) is 1. The van der Waals surface area contributed by atoms with Gasteiger partial charge < -0.3 is 10.3 Å². The van der Waals surface area contributed by atoms with Crippen LogP contribution in [0.15, 0.2) is 4.99 Å². The third-order valence-electron chi connectivity index (χ3n) is 0.645. The topological polar surface area (TPSA) is 26.5 Å². The summed E-state index contributed by atoms with van der Waals surface area (Å²) in [6.45, 7) is 0. The molecule has 0 amide bonds. The van der Waals surface area contributed by atoms with Gasteiger partial charge >= 0.3 is 0 Å². The molecule has 0 N–H and O–H groups in total. The van der Waals surface area contributed by atoms with Gasteiger partial charge in [0.05, 0.1) is 0 Å². The van der Waals surface area contributed by atoms with Crippen LogP contribution in [0.25, 0.3) is 5.32 Å². The molecule has 1 aliphatic rings. The van der Waals surface area contributed by atoms with Crippen LogP contribution >= 0.6 is 0 Å². The smallest absolute Gasteiger partial charge is 0.139 e. The summed E-state index contributed by atoms with van der Waals surface area (Å²) >= 11 is 0. The average molecular weight is 105 g/mol. The zero-order chi connectivity index (χ0) is 5.28. The monoisotopic (exact) mass is 105 g/mol. The molecule has 0 radical (unpaired) electrons. The van der Waals surface area contributed by atoms with Crippen molar-refractivity contribution in [1.82, 2.24) is 0 Å². The standard InChI is InChI=1S/C3H3F2N2/c4-2-3(5)7-1-6-2/h1-3H/q-1. The summed E-state index contributed by atoms with van der Waals surface area (Å²) in [4.78, 5) is 2.98.